The zero-order valence-corrected chi connectivity index (χ0v) is 18.8. The third kappa shape index (κ3) is 6.21. The van der Waals surface area contributed by atoms with E-state index < -0.39 is 0 Å². The normalized spacial score (nSPS) is 15.2. The molecule has 1 heterocycles. The van der Waals surface area contributed by atoms with Gasteiger partial charge in [-0.05, 0) is 56.0 Å². The number of aryl methyl sites for hydroxylation is 2. The number of nitrogens with zero attached hydrogens (tertiary/aromatic N) is 1. The van der Waals surface area contributed by atoms with Crippen LogP contribution >= 0.6 is 11.6 Å². The Kier molecular flexibility index (Phi) is 8.14. The van der Waals surface area contributed by atoms with Crippen molar-refractivity contribution in [3.05, 3.63) is 63.7 Å². The maximum absolute atomic E-state index is 12.1. The average molecular weight is 431 g/mol. The average Bonchev–Trinajstić information content (AvgIpc) is 2.73. The van der Waals surface area contributed by atoms with Crippen LogP contribution in [0, 0.1) is 13.8 Å². The van der Waals surface area contributed by atoms with Crippen LogP contribution in [0.5, 0.6) is 5.75 Å². The van der Waals surface area contributed by atoms with Crippen LogP contribution in [-0.2, 0) is 11.3 Å². The molecule has 1 aliphatic heterocycles. The number of benzene rings is 2. The summed E-state index contributed by atoms with van der Waals surface area (Å²) in [6.07, 6.45) is 2.06. The van der Waals surface area contributed by atoms with Gasteiger partial charge in [-0.2, -0.15) is 0 Å². The van der Waals surface area contributed by atoms with Crippen molar-refractivity contribution in [2.24, 2.45) is 0 Å². The Labute approximate surface area is 184 Å². The third-order valence-electron chi connectivity index (χ3n) is 5.51. The van der Waals surface area contributed by atoms with Crippen LogP contribution in [0.25, 0.3) is 0 Å². The molecule has 0 unspecified atom stereocenters. The molecule has 0 bridgehead atoms. The van der Waals surface area contributed by atoms with E-state index >= 15 is 0 Å². The number of carbonyl (C=O) groups is 1. The number of likely N-dealkylation sites (tertiary alicyclic amines) is 1. The molecular formula is C24H31ClN2O3. The highest BCUT2D eigenvalue weighted by Gasteiger charge is 2.22. The maximum atomic E-state index is 12.1. The monoisotopic (exact) mass is 430 g/mol. The van der Waals surface area contributed by atoms with Gasteiger partial charge in [0.2, 0.25) is 0 Å². The van der Waals surface area contributed by atoms with Gasteiger partial charge in [0.05, 0.1) is 11.6 Å². The van der Waals surface area contributed by atoms with E-state index in [1.54, 1.807) is 25.3 Å². The van der Waals surface area contributed by atoms with Gasteiger partial charge < -0.3 is 14.8 Å². The predicted octanol–water partition coefficient (Wildman–Crippen LogP) is 4.38. The first-order chi connectivity index (χ1) is 14.5. The number of ether oxygens (including phenoxy) is 2. The van der Waals surface area contributed by atoms with Gasteiger partial charge in [0.15, 0.2) is 0 Å². The molecule has 0 saturated carbocycles. The molecule has 3 rings (SSSR count). The number of rotatable bonds is 8. The maximum Gasteiger partial charge on any atom is 0.251 e. The Hall–Kier alpha value is -2.08. The molecule has 5 nitrogen and oxygen atoms in total. The fraction of sp³-hybridized carbons (Fsp3) is 0.458. The minimum atomic E-state index is -0.166. The molecule has 1 amide bonds. The molecule has 0 spiro atoms. The van der Waals surface area contributed by atoms with Crippen molar-refractivity contribution in [3.8, 4) is 5.75 Å². The lowest BCUT2D eigenvalue weighted by Crippen LogP contribution is -2.38. The molecular weight excluding hydrogens is 400 g/mol. The number of carbonyl (C=O) groups excluding carboxylic acids is 1. The summed E-state index contributed by atoms with van der Waals surface area (Å²) in [6, 6.07) is 11.8. The topological polar surface area (TPSA) is 50.8 Å². The van der Waals surface area contributed by atoms with Crippen LogP contribution in [0.4, 0.5) is 0 Å². The molecule has 2 aromatic carbocycles. The van der Waals surface area contributed by atoms with Gasteiger partial charge >= 0.3 is 0 Å². The Bertz CT molecular complexity index is 864. The van der Waals surface area contributed by atoms with Crippen molar-refractivity contribution in [2.75, 3.05) is 33.4 Å². The fourth-order valence-corrected chi connectivity index (χ4v) is 3.91. The minimum absolute atomic E-state index is 0.138. The quantitative estimate of drug-likeness (QED) is 0.631. The number of methoxy groups -OCH3 is 1. The van der Waals surface area contributed by atoms with E-state index in [0.29, 0.717) is 29.5 Å². The van der Waals surface area contributed by atoms with Crippen molar-refractivity contribution in [1.82, 2.24) is 10.2 Å². The molecule has 1 aliphatic rings. The van der Waals surface area contributed by atoms with Crippen molar-refractivity contribution in [1.29, 1.82) is 0 Å². The molecule has 30 heavy (non-hydrogen) atoms. The highest BCUT2D eigenvalue weighted by Crippen LogP contribution is 2.29. The van der Waals surface area contributed by atoms with Crippen molar-refractivity contribution < 1.29 is 14.3 Å². The summed E-state index contributed by atoms with van der Waals surface area (Å²) in [7, 11) is 1.60. The first-order valence-electron chi connectivity index (χ1n) is 10.5. The number of amides is 1. The van der Waals surface area contributed by atoms with Crippen LogP contribution in [0.3, 0.4) is 0 Å². The molecule has 0 aliphatic carbocycles. The van der Waals surface area contributed by atoms with Gasteiger partial charge in [-0.3, -0.25) is 9.69 Å². The standard InChI is InChI=1S/C24H31ClN2O3/c1-17-4-5-18(2)20(14-17)16-27-11-8-21(9-12-27)30-23-7-6-19(15-22(23)25)24(28)26-10-13-29-3/h4-7,14-15,21H,8-13,16H2,1-3H3,(H,26,28). The summed E-state index contributed by atoms with van der Waals surface area (Å²) in [5.41, 5.74) is 4.57. The number of hydrogen-bond donors (Lipinski definition) is 1. The third-order valence-corrected chi connectivity index (χ3v) is 5.81. The van der Waals surface area contributed by atoms with Crippen LogP contribution in [0.1, 0.15) is 39.9 Å². The van der Waals surface area contributed by atoms with Crippen molar-refractivity contribution in [3.63, 3.8) is 0 Å². The number of hydrogen-bond acceptors (Lipinski definition) is 4. The highest BCUT2D eigenvalue weighted by molar-refractivity contribution is 6.32. The van der Waals surface area contributed by atoms with Gasteiger partial charge in [0, 0.05) is 38.9 Å². The van der Waals surface area contributed by atoms with E-state index in [1.165, 1.54) is 16.7 Å². The van der Waals surface area contributed by atoms with Gasteiger partial charge in [-0.15, -0.1) is 0 Å². The number of piperidine rings is 1. The summed E-state index contributed by atoms with van der Waals surface area (Å²) in [5, 5.41) is 3.26. The molecule has 0 radical (unpaired) electrons. The SMILES string of the molecule is COCCNC(=O)c1ccc(OC2CCN(Cc3cc(C)ccc3C)CC2)c(Cl)c1. The lowest BCUT2D eigenvalue weighted by Gasteiger charge is -2.32. The Morgan fingerprint density at radius 1 is 1.17 bits per heavy atom. The summed E-state index contributed by atoms with van der Waals surface area (Å²) < 4.78 is 11.1. The second kappa shape index (κ2) is 10.8. The first kappa shape index (κ1) is 22.6. The van der Waals surface area contributed by atoms with E-state index in [4.69, 9.17) is 21.1 Å². The summed E-state index contributed by atoms with van der Waals surface area (Å²) in [4.78, 5) is 14.6. The zero-order valence-electron chi connectivity index (χ0n) is 18.0. The zero-order chi connectivity index (χ0) is 21.5. The minimum Gasteiger partial charge on any atom is -0.489 e. The van der Waals surface area contributed by atoms with Crippen LogP contribution in [0.15, 0.2) is 36.4 Å². The molecule has 162 valence electrons. The molecule has 1 N–H and O–H groups in total. The molecule has 2 aromatic rings. The van der Waals surface area contributed by atoms with Gasteiger partial charge in [-0.1, -0.05) is 35.4 Å². The first-order valence-corrected chi connectivity index (χ1v) is 10.9. The second-order valence-electron chi connectivity index (χ2n) is 7.92. The lowest BCUT2D eigenvalue weighted by molar-refractivity contribution is 0.0935. The van der Waals surface area contributed by atoms with Crippen LogP contribution in [0.2, 0.25) is 5.02 Å². The van der Waals surface area contributed by atoms with Crippen LogP contribution in [-0.4, -0.2) is 50.3 Å². The number of halogens is 1. The van der Waals surface area contributed by atoms with E-state index in [-0.39, 0.29) is 12.0 Å². The molecule has 6 heteroatoms. The van der Waals surface area contributed by atoms with E-state index in [2.05, 4.69) is 42.3 Å². The van der Waals surface area contributed by atoms with Gasteiger partial charge in [0.1, 0.15) is 11.9 Å². The molecule has 1 saturated heterocycles. The highest BCUT2D eigenvalue weighted by atomic mass is 35.5. The van der Waals surface area contributed by atoms with E-state index in [9.17, 15) is 4.79 Å². The van der Waals surface area contributed by atoms with E-state index in [0.717, 1.165) is 32.5 Å². The van der Waals surface area contributed by atoms with Crippen molar-refractivity contribution in [2.45, 2.75) is 39.3 Å². The largest absolute Gasteiger partial charge is 0.489 e. The summed E-state index contributed by atoms with van der Waals surface area (Å²) >= 11 is 6.38. The molecule has 0 atom stereocenters. The molecule has 1 fully saturated rings. The summed E-state index contributed by atoms with van der Waals surface area (Å²) in [5.74, 6) is 0.471. The van der Waals surface area contributed by atoms with Gasteiger partial charge in [0.25, 0.3) is 5.91 Å². The Morgan fingerprint density at radius 2 is 1.93 bits per heavy atom. The number of nitrogens with one attached hydrogen (secondary N) is 1. The summed E-state index contributed by atoms with van der Waals surface area (Å²) in [6.45, 7) is 8.23. The smallest absolute Gasteiger partial charge is 0.251 e. The lowest BCUT2D eigenvalue weighted by atomic mass is 10.0. The van der Waals surface area contributed by atoms with Crippen LogP contribution < -0.4 is 10.1 Å². The Morgan fingerprint density at radius 3 is 2.63 bits per heavy atom. The fourth-order valence-electron chi connectivity index (χ4n) is 3.68. The van der Waals surface area contributed by atoms with Crippen molar-refractivity contribution >= 4 is 17.5 Å². The Balaban J connectivity index is 1.51. The molecule has 0 aromatic heterocycles. The van der Waals surface area contributed by atoms with E-state index in [1.807, 2.05) is 0 Å². The van der Waals surface area contributed by atoms with Gasteiger partial charge in [-0.25, -0.2) is 0 Å². The predicted molar refractivity (Wildman–Crippen MR) is 121 cm³/mol. The second-order valence-corrected chi connectivity index (χ2v) is 8.32.